The predicted molar refractivity (Wildman–Crippen MR) is 101 cm³/mol. The lowest BCUT2D eigenvalue weighted by atomic mass is 9.99. The number of hydrogen-bond donors (Lipinski definition) is 0. The normalized spacial score (nSPS) is 13.6. The smallest absolute Gasteiger partial charge is 0.0981 e. The van der Waals surface area contributed by atoms with Crippen molar-refractivity contribution in [2.45, 2.75) is 25.3 Å². The highest BCUT2D eigenvalue weighted by molar-refractivity contribution is 6.78. The number of aryl methyl sites for hydroxylation is 1. The van der Waals surface area contributed by atoms with E-state index in [2.05, 4.69) is 0 Å². The lowest BCUT2D eigenvalue weighted by Crippen LogP contribution is -2.47. The van der Waals surface area contributed by atoms with Gasteiger partial charge in [0, 0.05) is 0 Å². The molecule has 0 aliphatic rings. The summed E-state index contributed by atoms with van der Waals surface area (Å²) < 4.78 is -5.59. The number of fused-ring (bicyclic) bond motifs is 1. The zero-order chi connectivity index (χ0) is 16.6. The van der Waals surface area contributed by atoms with Gasteiger partial charge in [-0.15, -0.1) is 0 Å². The molecule has 2 aromatic carbocycles. The van der Waals surface area contributed by atoms with E-state index < -0.39 is 12.5 Å². The molecule has 0 aliphatic carbocycles. The summed E-state index contributed by atoms with van der Waals surface area (Å²) in [5, 5.41) is 2.23. The molecule has 0 aromatic heterocycles. The highest BCUT2D eigenvalue weighted by Crippen LogP contribution is 2.57. The van der Waals surface area contributed by atoms with E-state index in [4.69, 9.17) is 81.2 Å². The van der Waals surface area contributed by atoms with Crippen LogP contribution in [0.25, 0.3) is 10.8 Å². The molecule has 0 saturated carbocycles. The van der Waals surface area contributed by atoms with Crippen molar-refractivity contribution in [1.29, 1.82) is 0 Å². The van der Waals surface area contributed by atoms with Crippen LogP contribution in [0.2, 0.25) is 0 Å². The molecular formula is C15H11Cl7. The van der Waals surface area contributed by atoms with Crippen molar-refractivity contribution in [2.24, 2.45) is 0 Å². The third-order valence-electron chi connectivity index (χ3n) is 3.40. The molecule has 2 aromatic rings. The third kappa shape index (κ3) is 3.86. The second-order valence-electron chi connectivity index (χ2n) is 4.91. The molecule has 0 N–H and O–H groups in total. The summed E-state index contributed by atoms with van der Waals surface area (Å²) in [5.41, 5.74) is 1.07. The van der Waals surface area contributed by atoms with Crippen molar-refractivity contribution in [1.82, 2.24) is 0 Å². The number of hydrogen-bond acceptors (Lipinski definition) is 0. The van der Waals surface area contributed by atoms with E-state index in [1.165, 1.54) is 0 Å². The van der Waals surface area contributed by atoms with Crippen molar-refractivity contribution in [3.05, 3.63) is 48.0 Å². The molecule has 2 rings (SSSR count). The van der Waals surface area contributed by atoms with E-state index in [1.807, 2.05) is 42.5 Å². The molecular weight excluding hydrogens is 428 g/mol. The summed E-state index contributed by atoms with van der Waals surface area (Å²) in [7, 11) is 0. The zero-order valence-electron chi connectivity index (χ0n) is 11.1. The molecule has 0 unspecified atom stereocenters. The minimum Gasteiger partial charge on any atom is -0.0981 e. The van der Waals surface area contributed by atoms with Crippen molar-refractivity contribution in [3.8, 4) is 0 Å². The van der Waals surface area contributed by atoms with Crippen LogP contribution < -0.4 is 0 Å². The topological polar surface area (TPSA) is 0 Å². The maximum Gasteiger partial charge on any atom is 0.226 e. The first kappa shape index (κ1) is 19.1. The molecule has 0 fully saturated rings. The molecule has 0 bridgehead atoms. The summed E-state index contributed by atoms with van der Waals surface area (Å²) in [4.78, 5) is 0. The Kier molecular flexibility index (Phi) is 6.00. The van der Waals surface area contributed by atoms with Crippen LogP contribution >= 0.6 is 81.2 Å². The number of rotatable bonds is 4. The van der Waals surface area contributed by atoms with Crippen LogP contribution in [0.15, 0.2) is 42.5 Å². The van der Waals surface area contributed by atoms with E-state index in [0.717, 1.165) is 16.3 Å². The van der Waals surface area contributed by atoms with Gasteiger partial charge in [0.2, 0.25) is 3.79 Å². The van der Waals surface area contributed by atoms with Gasteiger partial charge in [0.25, 0.3) is 0 Å². The number of alkyl halides is 7. The first-order chi connectivity index (χ1) is 10.1. The highest BCUT2D eigenvalue weighted by Gasteiger charge is 2.59. The van der Waals surface area contributed by atoms with Gasteiger partial charge in [0.15, 0.2) is 8.67 Å². The fraction of sp³-hybridized carbons (Fsp3) is 0.333. The average Bonchev–Trinajstić information content (AvgIpc) is 2.43. The molecule has 0 radical (unpaired) electrons. The summed E-state index contributed by atoms with van der Waals surface area (Å²) in [6.45, 7) is 0. The Morgan fingerprint density at radius 2 is 1.32 bits per heavy atom. The minimum atomic E-state index is -2.02. The highest BCUT2D eigenvalue weighted by atomic mass is 35.6. The maximum absolute atomic E-state index is 6.26. The molecule has 0 nitrogen and oxygen atoms in total. The summed E-state index contributed by atoms with van der Waals surface area (Å²) >= 11 is 42.1. The SMILES string of the molecule is ClC(Cl)(Cl)C(Cl)(Cl)C(Cl)(Cl)CCc1cccc2ccccc12. The Morgan fingerprint density at radius 1 is 0.727 bits per heavy atom. The van der Waals surface area contributed by atoms with Crippen molar-refractivity contribution in [3.63, 3.8) is 0 Å². The Bertz CT molecular complexity index is 653. The Balaban J connectivity index is 2.25. The van der Waals surface area contributed by atoms with Crippen LogP contribution in [0.5, 0.6) is 0 Å². The van der Waals surface area contributed by atoms with Crippen LogP contribution in [0.4, 0.5) is 0 Å². The van der Waals surface area contributed by atoms with Crippen LogP contribution in [-0.4, -0.2) is 12.5 Å². The van der Waals surface area contributed by atoms with Crippen LogP contribution in [0.1, 0.15) is 12.0 Å². The van der Waals surface area contributed by atoms with Crippen molar-refractivity contribution in [2.75, 3.05) is 0 Å². The van der Waals surface area contributed by atoms with Gasteiger partial charge >= 0.3 is 0 Å². The lowest BCUT2D eigenvalue weighted by molar-refractivity contribution is 0.611. The molecule has 7 heteroatoms. The molecule has 0 aliphatic heterocycles. The second kappa shape index (κ2) is 6.92. The van der Waals surface area contributed by atoms with E-state index in [1.54, 1.807) is 0 Å². The third-order valence-corrected chi connectivity index (χ3v) is 7.38. The minimum absolute atomic E-state index is 0.227. The van der Waals surface area contributed by atoms with Gasteiger partial charge in [0.05, 0.1) is 0 Å². The Morgan fingerprint density at radius 3 is 1.95 bits per heavy atom. The average molecular weight is 439 g/mol. The van der Waals surface area contributed by atoms with Crippen LogP contribution in [0.3, 0.4) is 0 Å². The lowest BCUT2D eigenvalue weighted by Gasteiger charge is -2.37. The monoisotopic (exact) mass is 436 g/mol. The Hall–Kier alpha value is 0.730. The summed E-state index contributed by atoms with van der Waals surface area (Å²) in [6, 6.07) is 14.0. The van der Waals surface area contributed by atoms with E-state index in [0.29, 0.717) is 6.42 Å². The molecule has 120 valence electrons. The van der Waals surface area contributed by atoms with Gasteiger partial charge in [0.1, 0.15) is 0 Å². The van der Waals surface area contributed by atoms with Gasteiger partial charge in [-0.2, -0.15) is 0 Å². The van der Waals surface area contributed by atoms with Crippen LogP contribution in [0, 0.1) is 0 Å². The first-order valence-electron chi connectivity index (χ1n) is 6.35. The summed E-state index contributed by atoms with van der Waals surface area (Å²) in [6.07, 6.45) is 0.765. The van der Waals surface area contributed by atoms with Gasteiger partial charge in [-0.3, -0.25) is 0 Å². The van der Waals surface area contributed by atoms with Crippen molar-refractivity contribution < 1.29 is 0 Å². The second-order valence-corrected chi connectivity index (χ2v) is 10.0. The van der Waals surface area contributed by atoms with E-state index in [9.17, 15) is 0 Å². The molecule has 0 amide bonds. The van der Waals surface area contributed by atoms with Gasteiger partial charge in [-0.05, 0) is 29.2 Å². The zero-order valence-corrected chi connectivity index (χ0v) is 16.4. The molecule has 0 saturated heterocycles. The number of benzene rings is 2. The molecule has 0 atom stereocenters. The first-order valence-corrected chi connectivity index (χ1v) is 9.00. The van der Waals surface area contributed by atoms with Gasteiger partial charge in [-0.25, -0.2) is 0 Å². The quantitative estimate of drug-likeness (QED) is 0.433. The van der Waals surface area contributed by atoms with Crippen LogP contribution in [-0.2, 0) is 6.42 Å². The van der Waals surface area contributed by atoms with Gasteiger partial charge < -0.3 is 0 Å². The van der Waals surface area contributed by atoms with E-state index >= 15 is 0 Å². The summed E-state index contributed by atoms with van der Waals surface area (Å²) in [5.74, 6) is 0. The van der Waals surface area contributed by atoms with Gasteiger partial charge in [-0.1, -0.05) is 124 Å². The van der Waals surface area contributed by atoms with Crippen molar-refractivity contribution >= 4 is 92.0 Å². The molecule has 0 heterocycles. The fourth-order valence-electron chi connectivity index (χ4n) is 2.17. The predicted octanol–water partition coefficient (Wildman–Crippen LogP) is 7.49. The van der Waals surface area contributed by atoms with E-state index in [-0.39, 0.29) is 6.42 Å². The standard InChI is InChI=1S/C15H11Cl7/c16-13(17,14(18,19)15(20,21)22)9-8-11-6-3-5-10-4-1-2-7-12(10)11/h1-7H,8-9H2. The molecule has 22 heavy (non-hydrogen) atoms. The molecule has 0 spiro atoms. The number of halogens is 7. The Labute approximate surface area is 164 Å². The largest absolute Gasteiger partial charge is 0.226 e. The fourth-order valence-corrected chi connectivity index (χ4v) is 3.60. The maximum atomic E-state index is 6.26.